The Balaban J connectivity index is 0.00000208. The summed E-state index contributed by atoms with van der Waals surface area (Å²) in [5, 5.41) is 4.14. The molecule has 3 rings (SSSR count). The smallest absolute Gasteiger partial charge is 0.225 e. The number of hydrogen-bond donors (Lipinski definition) is 1. The van der Waals surface area contributed by atoms with Gasteiger partial charge in [0, 0.05) is 56.3 Å². The fourth-order valence-corrected chi connectivity index (χ4v) is 3.89. The molecule has 1 aromatic rings. The fraction of sp³-hybridized carbons (Fsp3) is 0.611. The van der Waals surface area contributed by atoms with Crippen molar-refractivity contribution >= 4 is 29.9 Å². The van der Waals surface area contributed by atoms with Gasteiger partial charge in [-0.25, -0.2) is 0 Å². The molecule has 6 heteroatoms. The normalized spacial score (nSPS) is 22.9. The number of nitrogens with one attached hydrogen (secondary N) is 1. The second kappa shape index (κ2) is 9.04. The molecule has 24 heavy (non-hydrogen) atoms. The summed E-state index contributed by atoms with van der Waals surface area (Å²) in [6.07, 6.45) is 1.82. The van der Waals surface area contributed by atoms with E-state index in [0.717, 1.165) is 56.3 Å². The molecule has 1 aromatic carbocycles. The van der Waals surface area contributed by atoms with E-state index < -0.39 is 0 Å². The van der Waals surface area contributed by atoms with Gasteiger partial charge in [-0.2, -0.15) is 0 Å². The highest BCUT2D eigenvalue weighted by Gasteiger charge is 2.32. The lowest BCUT2D eigenvalue weighted by Crippen LogP contribution is -2.49. The second-order valence-corrected chi connectivity index (χ2v) is 7.12. The molecule has 0 spiro atoms. The van der Waals surface area contributed by atoms with Crippen LogP contribution in [0.2, 0.25) is 5.02 Å². The van der Waals surface area contributed by atoms with Crippen LogP contribution in [0.15, 0.2) is 24.3 Å². The molecule has 2 saturated heterocycles. The molecular formula is C18H27Cl2N3O. The van der Waals surface area contributed by atoms with Gasteiger partial charge in [-0.1, -0.05) is 36.7 Å². The van der Waals surface area contributed by atoms with E-state index in [1.807, 2.05) is 36.1 Å². The summed E-state index contributed by atoms with van der Waals surface area (Å²) in [5.41, 5.74) is 1.06. The summed E-state index contributed by atoms with van der Waals surface area (Å²) in [6, 6.07) is 8.35. The third kappa shape index (κ3) is 4.63. The highest BCUT2D eigenvalue weighted by molar-refractivity contribution is 6.31. The summed E-state index contributed by atoms with van der Waals surface area (Å²) >= 11 is 6.22. The lowest BCUT2D eigenvalue weighted by Gasteiger charge is -2.32. The fourth-order valence-electron chi connectivity index (χ4n) is 3.68. The van der Waals surface area contributed by atoms with Crippen molar-refractivity contribution in [2.24, 2.45) is 5.92 Å². The molecule has 0 radical (unpaired) electrons. The first-order valence-corrected chi connectivity index (χ1v) is 9.00. The SMILES string of the molecule is CC(Cc1ccccc1Cl)C(=O)N1CCC(N2CCNCC2)C1.Cl. The predicted octanol–water partition coefficient (Wildman–Crippen LogP) is 2.45. The summed E-state index contributed by atoms with van der Waals surface area (Å²) in [4.78, 5) is 17.3. The molecule has 2 atom stereocenters. The van der Waals surface area contributed by atoms with Crippen molar-refractivity contribution in [1.29, 1.82) is 0 Å². The third-order valence-corrected chi connectivity index (χ3v) is 5.42. The van der Waals surface area contributed by atoms with E-state index in [-0.39, 0.29) is 24.2 Å². The molecule has 1 amide bonds. The van der Waals surface area contributed by atoms with Crippen molar-refractivity contribution in [3.05, 3.63) is 34.9 Å². The van der Waals surface area contributed by atoms with Gasteiger partial charge in [0.15, 0.2) is 0 Å². The van der Waals surface area contributed by atoms with Crippen LogP contribution in [-0.4, -0.2) is 61.0 Å². The van der Waals surface area contributed by atoms with Crippen LogP contribution in [0.1, 0.15) is 18.9 Å². The lowest BCUT2D eigenvalue weighted by atomic mass is 10.00. The summed E-state index contributed by atoms with van der Waals surface area (Å²) in [7, 11) is 0. The molecule has 2 aliphatic rings. The molecule has 0 bridgehead atoms. The number of carbonyl (C=O) groups is 1. The van der Waals surface area contributed by atoms with E-state index >= 15 is 0 Å². The molecule has 2 fully saturated rings. The summed E-state index contributed by atoms with van der Waals surface area (Å²) in [5.74, 6) is 0.249. The number of amides is 1. The Morgan fingerprint density at radius 1 is 1.29 bits per heavy atom. The number of halogens is 2. The maximum atomic E-state index is 12.7. The minimum atomic E-state index is -0.0170. The number of likely N-dealkylation sites (tertiary alicyclic amines) is 1. The van der Waals surface area contributed by atoms with Crippen LogP contribution in [-0.2, 0) is 11.2 Å². The Morgan fingerprint density at radius 3 is 2.71 bits per heavy atom. The number of hydrogen-bond acceptors (Lipinski definition) is 3. The Hall–Kier alpha value is -0.810. The van der Waals surface area contributed by atoms with Crippen LogP contribution in [0.5, 0.6) is 0 Å². The van der Waals surface area contributed by atoms with Crippen molar-refractivity contribution in [2.45, 2.75) is 25.8 Å². The van der Waals surface area contributed by atoms with Gasteiger partial charge in [0.05, 0.1) is 0 Å². The standard InChI is InChI=1S/C18H26ClN3O.ClH/c1-14(12-15-4-2-3-5-17(15)19)18(23)22-9-6-16(13-22)21-10-7-20-8-11-21;/h2-5,14,16,20H,6-13H2,1H3;1H. The molecule has 4 nitrogen and oxygen atoms in total. The molecule has 134 valence electrons. The number of rotatable bonds is 4. The quantitative estimate of drug-likeness (QED) is 0.882. The molecule has 1 N–H and O–H groups in total. The molecular weight excluding hydrogens is 345 g/mol. The van der Waals surface area contributed by atoms with E-state index in [2.05, 4.69) is 10.2 Å². The van der Waals surface area contributed by atoms with Crippen LogP contribution < -0.4 is 5.32 Å². The first-order valence-electron chi connectivity index (χ1n) is 8.62. The second-order valence-electron chi connectivity index (χ2n) is 6.71. The van der Waals surface area contributed by atoms with Gasteiger partial charge in [0.2, 0.25) is 5.91 Å². The average Bonchev–Trinajstić information content (AvgIpc) is 3.07. The van der Waals surface area contributed by atoms with E-state index in [9.17, 15) is 4.79 Å². The minimum absolute atomic E-state index is 0. The number of piperazine rings is 1. The highest BCUT2D eigenvalue weighted by Crippen LogP contribution is 2.22. The van der Waals surface area contributed by atoms with E-state index in [1.54, 1.807) is 0 Å². The van der Waals surface area contributed by atoms with Gasteiger partial charge < -0.3 is 10.2 Å². The summed E-state index contributed by atoms with van der Waals surface area (Å²) < 4.78 is 0. The lowest BCUT2D eigenvalue weighted by molar-refractivity contribution is -0.134. The predicted molar refractivity (Wildman–Crippen MR) is 101 cm³/mol. The molecule has 2 unspecified atom stereocenters. The van der Waals surface area contributed by atoms with E-state index in [4.69, 9.17) is 11.6 Å². The number of carbonyl (C=O) groups excluding carboxylic acids is 1. The van der Waals surface area contributed by atoms with Crippen LogP contribution in [0.25, 0.3) is 0 Å². The molecule has 2 aliphatic heterocycles. The number of benzene rings is 1. The van der Waals surface area contributed by atoms with Gasteiger partial charge in [0.25, 0.3) is 0 Å². The van der Waals surface area contributed by atoms with Gasteiger partial charge in [-0.3, -0.25) is 9.69 Å². The van der Waals surface area contributed by atoms with Crippen LogP contribution in [0.4, 0.5) is 0 Å². The van der Waals surface area contributed by atoms with Crippen molar-refractivity contribution < 1.29 is 4.79 Å². The number of nitrogens with zero attached hydrogens (tertiary/aromatic N) is 2. The molecule has 2 heterocycles. The van der Waals surface area contributed by atoms with E-state index in [1.165, 1.54) is 0 Å². The zero-order valence-electron chi connectivity index (χ0n) is 14.2. The topological polar surface area (TPSA) is 35.6 Å². The van der Waals surface area contributed by atoms with Crippen molar-refractivity contribution in [3.8, 4) is 0 Å². The van der Waals surface area contributed by atoms with Crippen LogP contribution in [0.3, 0.4) is 0 Å². The first kappa shape index (κ1) is 19.5. The third-order valence-electron chi connectivity index (χ3n) is 5.05. The maximum Gasteiger partial charge on any atom is 0.225 e. The van der Waals surface area contributed by atoms with Crippen molar-refractivity contribution in [1.82, 2.24) is 15.1 Å². The van der Waals surface area contributed by atoms with Gasteiger partial charge >= 0.3 is 0 Å². The maximum absolute atomic E-state index is 12.7. The zero-order chi connectivity index (χ0) is 16.2. The molecule has 0 aliphatic carbocycles. The van der Waals surface area contributed by atoms with Crippen molar-refractivity contribution in [2.75, 3.05) is 39.3 Å². The molecule has 0 saturated carbocycles. The zero-order valence-corrected chi connectivity index (χ0v) is 15.8. The molecule has 0 aromatic heterocycles. The van der Waals surface area contributed by atoms with E-state index in [0.29, 0.717) is 12.5 Å². The van der Waals surface area contributed by atoms with Gasteiger partial charge in [0.1, 0.15) is 0 Å². The summed E-state index contributed by atoms with van der Waals surface area (Å²) in [6.45, 7) is 8.11. The minimum Gasteiger partial charge on any atom is -0.341 e. The average molecular weight is 372 g/mol. The van der Waals surface area contributed by atoms with Gasteiger partial charge in [-0.15, -0.1) is 12.4 Å². The monoisotopic (exact) mass is 371 g/mol. The largest absolute Gasteiger partial charge is 0.341 e. The van der Waals surface area contributed by atoms with Crippen molar-refractivity contribution in [3.63, 3.8) is 0 Å². The Kier molecular flexibility index (Phi) is 7.35. The van der Waals surface area contributed by atoms with Crippen LogP contribution in [0, 0.1) is 5.92 Å². The first-order chi connectivity index (χ1) is 11.1. The Labute approximate surface area is 155 Å². The highest BCUT2D eigenvalue weighted by atomic mass is 35.5. The van der Waals surface area contributed by atoms with Crippen LogP contribution >= 0.6 is 24.0 Å². The Bertz CT molecular complexity index is 549. The Morgan fingerprint density at radius 2 is 2.00 bits per heavy atom. The van der Waals surface area contributed by atoms with Gasteiger partial charge in [-0.05, 0) is 24.5 Å².